The van der Waals surface area contributed by atoms with Gasteiger partial charge in [-0.25, -0.2) is 9.78 Å². The lowest BCUT2D eigenvalue weighted by Crippen LogP contribution is -2.58. The number of pyridine rings is 1. The Bertz CT molecular complexity index is 1060. The van der Waals surface area contributed by atoms with Gasteiger partial charge in [-0.3, -0.25) is 4.79 Å². The van der Waals surface area contributed by atoms with Crippen molar-refractivity contribution >= 4 is 41.0 Å². The maximum Gasteiger partial charge on any atom is 0.410 e. The molecule has 3 aliphatic heterocycles. The normalized spacial score (nSPS) is 24.1. The second-order valence-electron chi connectivity index (χ2n) is 10.6. The Morgan fingerprint density at radius 1 is 1.26 bits per heavy atom. The lowest BCUT2D eigenvalue weighted by molar-refractivity contribution is 0.000952. The minimum atomic E-state index is -0.616. The number of carbonyl (C=O) groups is 2. The Kier molecular flexibility index (Phi) is 6.28. The molecule has 11 heteroatoms. The zero-order valence-corrected chi connectivity index (χ0v) is 21.5. The van der Waals surface area contributed by atoms with E-state index in [0.29, 0.717) is 31.9 Å². The highest BCUT2D eigenvalue weighted by Gasteiger charge is 2.45. The molecule has 184 valence electrons. The molecular weight excluding hydrogens is 481 g/mol. The van der Waals surface area contributed by atoms with Crippen LogP contribution in [-0.4, -0.2) is 76.8 Å². The Morgan fingerprint density at radius 2 is 1.97 bits per heavy atom. The summed E-state index contributed by atoms with van der Waals surface area (Å²) in [5.74, 6) is 0.0795. The number of aromatic nitrogens is 1. The average molecular weight is 510 g/mol. The van der Waals surface area contributed by atoms with Crippen molar-refractivity contribution in [2.45, 2.75) is 58.2 Å². The summed E-state index contributed by atoms with van der Waals surface area (Å²) in [4.78, 5) is 36.2. The molecule has 2 amide bonds. The molecule has 34 heavy (non-hydrogen) atoms. The molecule has 0 spiro atoms. The van der Waals surface area contributed by atoms with Crippen molar-refractivity contribution in [3.05, 3.63) is 15.7 Å². The third kappa shape index (κ3) is 4.46. The quantitative estimate of drug-likeness (QED) is 0.528. The van der Waals surface area contributed by atoms with Crippen LogP contribution < -0.4 is 9.64 Å². The van der Waals surface area contributed by atoms with Gasteiger partial charge in [-0.1, -0.05) is 23.2 Å². The van der Waals surface area contributed by atoms with Gasteiger partial charge in [0.1, 0.15) is 28.6 Å². The molecule has 0 N–H and O–H groups in total. The van der Waals surface area contributed by atoms with Crippen LogP contribution in [0.3, 0.4) is 0 Å². The Labute approximate surface area is 209 Å². The van der Waals surface area contributed by atoms with Crippen molar-refractivity contribution in [1.82, 2.24) is 14.8 Å². The molecule has 1 aromatic rings. The third-order valence-electron chi connectivity index (χ3n) is 6.38. The van der Waals surface area contributed by atoms with Crippen LogP contribution in [0.2, 0.25) is 10.2 Å². The molecule has 4 heterocycles. The fraction of sp³-hybridized carbons (Fsp3) is 0.652. The second-order valence-corrected chi connectivity index (χ2v) is 11.3. The average Bonchev–Trinajstić information content (AvgIpc) is 2.98. The standard InChI is InChI=1S/C23H29Cl2N5O4/c1-22(2,3)34-21(32)28-6-7-29-14(11-28)12-33-17-15(20(29)31)19(27-18(25)16(17)24)30-10-13(9-26)8-23(30,4)5/h13-14H,6-8,10-12H2,1-5H3/t13?,14-/m1/s1. The Hall–Kier alpha value is -2.44. The van der Waals surface area contributed by atoms with E-state index in [9.17, 15) is 14.9 Å². The van der Waals surface area contributed by atoms with Crippen LogP contribution in [0.4, 0.5) is 10.6 Å². The first-order valence-electron chi connectivity index (χ1n) is 11.3. The van der Waals surface area contributed by atoms with Crippen LogP contribution in [0.15, 0.2) is 0 Å². The summed E-state index contributed by atoms with van der Waals surface area (Å²) >= 11 is 12.8. The van der Waals surface area contributed by atoms with Gasteiger partial charge in [0.05, 0.1) is 18.0 Å². The monoisotopic (exact) mass is 509 g/mol. The van der Waals surface area contributed by atoms with Crippen LogP contribution in [0.25, 0.3) is 0 Å². The van der Waals surface area contributed by atoms with Crippen molar-refractivity contribution in [1.29, 1.82) is 5.26 Å². The summed E-state index contributed by atoms with van der Waals surface area (Å²) in [6.07, 6.45) is 0.207. The number of halogens is 2. The summed E-state index contributed by atoms with van der Waals surface area (Å²) in [5.41, 5.74) is -0.788. The highest BCUT2D eigenvalue weighted by molar-refractivity contribution is 6.42. The topological polar surface area (TPSA) is 99.0 Å². The summed E-state index contributed by atoms with van der Waals surface area (Å²) < 4.78 is 11.6. The van der Waals surface area contributed by atoms with Gasteiger partial charge in [0.2, 0.25) is 0 Å². The minimum Gasteiger partial charge on any atom is -0.489 e. The van der Waals surface area contributed by atoms with E-state index in [-0.39, 0.29) is 52.5 Å². The van der Waals surface area contributed by atoms with Gasteiger partial charge in [-0.15, -0.1) is 0 Å². The number of rotatable bonds is 1. The fourth-order valence-corrected chi connectivity index (χ4v) is 5.17. The first-order valence-corrected chi connectivity index (χ1v) is 12.1. The van der Waals surface area contributed by atoms with Gasteiger partial charge in [-0.2, -0.15) is 5.26 Å². The molecule has 2 atom stereocenters. The Balaban J connectivity index is 1.69. The van der Waals surface area contributed by atoms with Crippen LogP contribution in [0.1, 0.15) is 51.4 Å². The van der Waals surface area contributed by atoms with E-state index in [0.717, 1.165) is 0 Å². The highest BCUT2D eigenvalue weighted by atomic mass is 35.5. The first kappa shape index (κ1) is 24.7. The number of amides is 2. The predicted octanol–water partition coefficient (Wildman–Crippen LogP) is 3.97. The number of fused-ring (bicyclic) bond motifs is 2. The number of nitrogens with zero attached hydrogens (tertiary/aromatic N) is 5. The van der Waals surface area contributed by atoms with E-state index in [2.05, 4.69) is 11.1 Å². The molecule has 0 aliphatic carbocycles. The smallest absolute Gasteiger partial charge is 0.410 e. The van der Waals surface area contributed by atoms with E-state index in [4.69, 9.17) is 32.7 Å². The molecule has 4 rings (SSSR count). The maximum atomic E-state index is 13.9. The number of anilines is 1. The lowest BCUT2D eigenvalue weighted by Gasteiger charge is -2.40. The summed E-state index contributed by atoms with van der Waals surface area (Å²) in [6.45, 7) is 10.9. The first-order chi connectivity index (χ1) is 15.8. The van der Waals surface area contributed by atoms with Crippen molar-refractivity contribution in [3.63, 3.8) is 0 Å². The Morgan fingerprint density at radius 3 is 2.59 bits per heavy atom. The zero-order chi connectivity index (χ0) is 25.0. The van der Waals surface area contributed by atoms with E-state index in [1.54, 1.807) is 9.80 Å². The maximum absolute atomic E-state index is 13.9. The van der Waals surface area contributed by atoms with Gasteiger partial charge < -0.3 is 24.2 Å². The van der Waals surface area contributed by atoms with Gasteiger partial charge in [-0.05, 0) is 41.0 Å². The SMILES string of the molecule is CC(C)(C)OC(=O)N1CCN2C(=O)c3c(N4CC(C#N)CC4(C)C)nc(Cl)c(Cl)c3OC[C@H]2C1. The number of carbonyl (C=O) groups excluding carboxylic acids is 2. The van der Waals surface area contributed by atoms with E-state index >= 15 is 0 Å². The van der Waals surface area contributed by atoms with E-state index in [1.807, 2.05) is 39.5 Å². The molecule has 3 aliphatic rings. The van der Waals surface area contributed by atoms with Crippen LogP contribution in [-0.2, 0) is 4.74 Å². The molecule has 1 aromatic heterocycles. The molecule has 9 nitrogen and oxygen atoms in total. The van der Waals surface area contributed by atoms with E-state index in [1.165, 1.54) is 0 Å². The van der Waals surface area contributed by atoms with Crippen LogP contribution in [0.5, 0.6) is 5.75 Å². The summed E-state index contributed by atoms with van der Waals surface area (Å²) in [7, 11) is 0. The molecular formula is C23H29Cl2N5O4. The molecule has 1 unspecified atom stereocenters. The summed E-state index contributed by atoms with van der Waals surface area (Å²) in [5, 5.41) is 9.62. The van der Waals surface area contributed by atoms with Gasteiger partial charge in [0.25, 0.3) is 5.91 Å². The number of hydrogen-bond acceptors (Lipinski definition) is 7. The highest BCUT2D eigenvalue weighted by Crippen LogP contribution is 2.45. The second kappa shape index (κ2) is 8.65. The van der Waals surface area contributed by atoms with Crippen LogP contribution >= 0.6 is 23.2 Å². The molecule has 0 bridgehead atoms. The van der Waals surface area contributed by atoms with Crippen molar-refractivity contribution in [2.24, 2.45) is 5.92 Å². The van der Waals surface area contributed by atoms with Gasteiger partial charge in [0.15, 0.2) is 10.9 Å². The van der Waals surface area contributed by atoms with Gasteiger partial charge >= 0.3 is 6.09 Å². The van der Waals surface area contributed by atoms with Crippen molar-refractivity contribution in [3.8, 4) is 11.8 Å². The number of nitriles is 1. The van der Waals surface area contributed by atoms with Crippen LogP contribution in [0, 0.1) is 17.2 Å². The van der Waals surface area contributed by atoms with Crippen molar-refractivity contribution in [2.75, 3.05) is 37.7 Å². The van der Waals surface area contributed by atoms with E-state index < -0.39 is 17.2 Å². The zero-order valence-electron chi connectivity index (χ0n) is 20.0. The molecule has 0 aromatic carbocycles. The largest absolute Gasteiger partial charge is 0.489 e. The predicted molar refractivity (Wildman–Crippen MR) is 128 cm³/mol. The lowest BCUT2D eigenvalue weighted by atomic mass is 9.97. The van der Waals surface area contributed by atoms with Gasteiger partial charge in [0, 0.05) is 31.7 Å². The minimum absolute atomic E-state index is 0.0367. The van der Waals surface area contributed by atoms with Crippen molar-refractivity contribution < 1.29 is 19.1 Å². The molecule has 2 fully saturated rings. The molecule has 2 saturated heterocycles. The molecule has 0 saturated carbocycles. The number of hydrogen-bond donors (Lipinski definition) is 0. The summed E-state index contributed by atoms with van der Waals surface area (Å²) in [6, 6.07) is 1.93. The number of piperazine rings is 1. The fourth-order valence-electron chi connectivity index (χ4n) is 4.81. The third-order valence-corrected chi connectivity index (χ3v) is 7.10. The number of ether oxygens (including phenoxy) is 2. The molecule has 0 radical (unpaired) electrons.